The molecule has 2 rings (SSSR count). The lowest BCUT2D eigenvalue weighted by Crippen LogP contribution is -2.32. The van der Waals surface area contributed by atoms with Crippen molar-refractivity contribution in [2.24, 2.45) is 5.92 Å². The second-order valence-electron chi connectivity index (χ2n) is 4.44. The standard InChI is InChI=1S/C13H17ClN2O2/c1-2-11-10(4-6-18-11)8-16-13(17)9-3-5-15-12(14)7-9/h3,5,7,10-11H,2,4,6,8H2,1H3,(H,16,17). The number of nitrogens with zero attached hydrogens (tertiary/aromatic N) is 1. The van der Waals surface area contributed by atoms with Crippen LogP contribution >= 0.6 is 11.6 Å². The molecule has 1 N–H and O–H groups in total. The van der Waals surface area contributed by atoms with Crippen LogP contribution in [0.25, 0.3) is 0 Å². The first-order chi connectivity index (χ1) is 8.70. The minimum absolute atomic E-state index is 0.110. The third-order valence-electron chi connectivity index (χ3n) is 3.26. The summed E-state index contributed by atoms with van der Waals surface area (Å²) < 4.78 is 5.59. The SMILES string of the molecule is CCC1OCCC1CNC(=O)c1ccnc(Cl)c1. The lowest BCUT2D eigenvalue weighted by molar-refractivity contribution is 0.0827. The fraction of sp³-hybridized carbons (Fsp3) is 0.538. The maximum atomic E-state index is 11.9. The summed E-state index contributed by atoms with van der Waals surface area (Å²) in [5, 5.41) is 3.26. The molecule has 0 radical (unpaired) electrons. The highest BCUT2D eigenvalue weighted by Gasteiger charge is 2.26. The molecule has 1 aliphatic rings. The summed E-state index contributed by atoms with van der Waals surface area (Å²) in [6.45, 7) is 3.55. The van der Waals surface area contributed by atoms with Crippen LogP contribution in [0.5, 0.6) is 0 Å². The van der Waals surface area contributed by atoms with Gasteiger partial charge in [0, 0.05) is 30.8 Å². The fourth-order valence-electron chi connectivity index (χ4n) is 2.25. The van der Waals surface area contributed by atoms with Gasteiger partial charge in [-0.3, -0.25) is 4.79 Å². The predicted octanol–water partition coefficient (Wildman–Crippen LogP) is 2.28. The number of carbonyl (C=O) groups is 1. The van der Waals surface area contributed by atoms with Crippen LogP contribution in [-0.4, -0.2) is 30.1 Å². The lowest BCUT2D eigenvalue weighted by atomic mass is 9.99. The maximum Gasteiger partial charge on any atom is 0.251 e. The van der Waals surface area contributed by atoms with Crippen molar-refractivity contribution in [3.05, 3.63) is 29.0 Å². The van der Waals surface area contributed by atoms with Gasteiger partial charge in [-0.15, -0.1) is 0 Å². The Hall–Kier alpha value is -1.13. The summed E-state index contributed by atoms with van der Waals surface area (Å²) in [5.74, 6) is 0.303. The molecule has 1 saturated heterocycles. The summed E-state index contributed by atoms with van der Waals surface area (Å²) in [6.07, 6.45) is 3.80. The molecule has 0 aliphatic carbocycles. The minimum Gasteiger partial charge on any atom is -0.378 e. The smallest absolute Gasteiger partial charge is 0.251 e. The Morgan fingerprint density at radius 3 is 3.22 bits per heavy atom. The minimum atomic E-state index is -0.110. The van der Waals surface area contributed by atoms with E-state index in [9.17, 15) is 4.79 Å². The van der Waals surface area contributed by atoms with E-state index in [4.69, 9.17) is 16.3 Å². The van der Waals surface area contributed by atoms with Crippen LogP contribution in [0.2, 0.25) is 5.15 Å². The second-order valence-corrected chi connectivity index (χ2v) is 4.83. The number of hydrogen-bond donors (Lipinski definition) is 1. The first-order valence-corrected chi connectivity index (χ1v) is 6.60. The third-order valence-corrected chi connectivity index (χ3v) is 3.47. The van der Waals surface area contributed by atoms with E-state index in [1.165, 1.54) is 6.20 Å². The quantitative estimate of drug-likeness (QED) is 0.853. The van der Waals surface area contributed by atoms with Crippen LogP contribution in [0, 0.1) is 5.92 Å². The van der Waals surface area contributed by atoms with Crippen LogP contribution in [-0.2, 0) is 4.74 Å². The number of amides is 1. The van der Waals surface area contributed by atoms with E-state index in [2.05, 4.69) is 17.2 Å². The topological polar surface area (TPSA) is 51.2 Å². The van der Waals surface area contributed by atoms with Crippen LogP contribution < -0.4 is 5.32 Å². The summed E-state index contributed by atoms with van der Waals surface area (Å²) in [4.78, 5) is 15.8. The Morgan fingerprint density at radius 1 is 1.67 bits per heavy atom. The zero-order chi connectivity index (χ0) is 13.0. The molecule has 5 heteroatoms. The molecule has 0 bridgehead atoms. The van der Waals surface area contributed by atoms with Crippen LogP contribution in [0.3, 0.4) is 0 Å². The van der Waals surface area contributed by atoms with Crippen LogP contribution in [0.1, 0.15) is 30.1 Å². The normalized spacial score (nSPS) is 23.0. The molecule has 2 atom stereocenters. The van der Waals surface area contributed by atoms with E-state index < -0.39 is 0 Å². The van der Waals surface area contributed by atoms with E-state index in [0.717, 1.165) is 19.4 Å². The zero-order valence-corrected chi connectivity index (χ0v) is 11.1. The monoisotopic (exact) mass is 268 g/mol. The Morgan fingerprint density at radius 2 is 2.50 bits per heavy atom. The van der Waals surface area contributed by atoms with Gasteiger partial charge >= 0.3 is 0 Å². The number of pyridine rings is 1. The Labute approximate surface area is 112 Å². The second kappa shape index (κ2) is 6.16. The van der Waals surface area contributed by atoms with Gasteiger partial charge in [0.05, 0.1) is 6.10 Å². The Balaban J connectivity index is 1.88. The zero-order valence-electron chi connectivity index (χ0n) is 10.4. The average molecular weight is 269 g/mol. The van der Waals surface area contributed by atoms with Gasteiger partial charge in [-0.05, 0) is 25.0 Å². The van der Waals surface area contributed by atoms with Crippen molar-refractivity contribution in [3.63, 3.8) is 0 Å². The van der Waals surface area contributed by atoms with Crippen LogP contribution in [0.4, 0.5) is 0 Å². The molecule has 0 spiro atoms. The van der Waals surface area contributed by atoms with Gasteiger partial charge in [0.25, 0.3) is 5.91 Å². The third kappa shape index (κ3) is 3.21. The number of rotatable bonds is 4. The number of aromatic nitrogens is 1. The molecule has 2 heterocycles. The number of halogens is 1. The lowest BCUT2D eigenvalue weighted by Gasteiger charge is -2.17. The highest BCUT2D eigenvalue weighted by Crippen LogP contribution is 2.22. The van der Waals surface area contributed by atoms with Crippen molar-refractivity contribution in [1.29, 1.82) is 0 Å². The van der Waals surface area contributed by atoms with Crippen molar-refractivity contribution in [1.82, 2.24) is 10.3 Å². The number of hydrogen-bond acceptors (Lipinski definition) is 3. The molecule has 18 heavy (non-hydrogen) atoms. The van der Waals surface area contributed by atoms with E-state index in [0.29, 0.717) is 23.2 Å². The van der Waals surface area contributed by atoms with Gasteiger partial charge in [0.15, 0.2) is 0 Å². The van der Waals surface area contributed by atoms with Gasteiger partial charge < -0.3 is 10.1 Å². The van der Waals surface area contributed by atoms with E-state index >= 15 is 0 Å². The van der Waals surface area contributed by atoms with Gasteiger partial charge in [-0.1, -0.05) is 18.5 Å². The summed E-state index contributed by atoms with van der Waals surface area (Å²) in [6, 6.07) is 3.23. The van der Waals surface area contributed by atoms with Crippen molar-refractivity contribution >= 4 is 17.5 Å². The van der Waals surface area contributed by atoms with Crippen molar-refractivity contribution in [3.8, 4) is 0 Å². The van der Waals surface area contributed by atoms with Gasteiger partial charge in [0.2, 0.25) is 0 Å². The highest BCUT2D eigenvalue weighted by atomic mass is 35.5. The molecule has 2 unspecified atom stereocenters. The summed E-state index contributed by atoms with van der Waals surface area (Å²) >= 11 is 5.75. The average Bonchev–Trinajstić information content (AvgIpc) is 2.83. The molecule has 98 valence electrons. The largest absolute Gasteiger partial charge is 0.378 e. The molecule has 1 amide bonds. The van der Waals surface area contributed by atoms with E-state index in [1.807, 2.05) is 0 Å². The van der Waals surface area contributed by atoms with Crippen molar-refractivity contribution < 1.29 is 9.53 Å². The van der Waals surface area contributed by atoms with Gasteiger partial charge in [0.1, 0.15) is 5.15 Å². The summed E-state index contributed by atoms with van der Waals surface area (Å²) in [5.41, 5.74) is 0.543. The Bertz CT molecular complexity index is 425. The molecular formula is C13H17ClN2O2. The van der Waals surface area contributed by atoms with Crippen molar-refractivity contribution in [2.75, 3.05) is 13.2 Å². The van der Waals surface area contributed by atoms with Crippen molar-refractivity contribution in [2.45, 2.75) is 25.9 Å². The van der Waals surface area contributed by atoms with E-state index in [1.54, 1.807) is 12.1 Å². The Kier molecular flexibility index (Phi) is 4.55. The number of nitrogens with one attached hydrogen (secondary N) is 1. The molecule has 4 nitrogen and oxygen atoms in total. The first kappa shape index (κ1) is 13.3. The molecule has 0 saturated carbocycles. The van der Waals surface area contributed by atoms with Gasteiger partial charge in [-0.2, -0.15) is 0 Å². The predicted molar refractivity (Wildman–Crippen MR) is 69.7 cm³/mol. The van der Waals surface area contributed by atoms with Gasteiger partial charge in [-0.25, -0.2) is 4.98 Å². The van der Waals surface area contributed by atoms with E-state index in [-0.39, 0.29) is 12.0 Å². The fourth-order valence-corrected chi connectivity index (χ4v) is 2.42. The molecule has 0 aromatic carbocycles. The summed E-state index contributed by atoms with van der Waals surface area (Å²) in [7, 11) is 0. The molecule has 1 aliphatic heterocycles. The molecular weight excluding hydrogens is 252 g/mol. The molecule has 1 fully saturated rings. The van der Waals surface area contributed by atoms with Crippen LogP contribution in [0.15, 0.2) is 18.3 Å². The highest BCUT2D eigenvalue weighted by molar-refractivity contribution is 6.29. The molecule has 1 aromatic rings. The first-order valence-electron chi connectivity index (χ1n) is 6.22. The number of ether oxygens (including phenoxy) is 1. The molecule has 1 aromatic heterocycles. The number of carbonyl (C=O) groups excluding carboxylic acids is 1. The maximum absolute atomic E-state index is 11.9.